The summed E-state index contributed by atoms with van der Waals surface area (Å²) in [5.74, 6) is 0.791. The Morgan fingerprint density at radius 2 is 1.94 bits per heavy atom. The van der Waals surface area contributed by atoms with E-state index in [1.807, 2.05) is 0 Å². The Bertz CT molecular complexity index is 197. The number of aliphatic hydroxyl groups is 1. The molecule has 0 spiro atoms. The Hall–Kier alpha value is -0.340. The summed E-state index contributed by atoms with van der Waals surface area (Å²) in [6, 6.07) is 0.601. The van der Waals surface area contributed by atoms with E-state index in [9.17, 15) is 5.11 Å². The zero-order valence-corrected chi connectivity index (χ0v) is 10.8. The second-order valence-electron chi connectivity index (χ2n) is 5.39. The Balaban J connectivity index is 2.44. The van der Waals surface area contributed by atoms with E-state index in [2.05, 4.69) is 25.7 Å². The maximum atomic E-state index is 9.92. The molecule has 0 aromatic heterocycles. The van der Waals surface area contributed by atoms with Gasteiger partial charge in [0.05, 0.1) is 6.10 Å². The molecule has 2 nitrogen and oxygen atoms in total. The molecule has 0 saturated heterocycles. The highest BCUT2D eigenvalue weighted by Crippen LogP contribution is 2.28. The van der Waals surface area contributed by atoms with Crippen molar-refractivity contribution in [2.24, 2.45) is 5.92 Å². The van der Waals surface area contributed by atoms with Crippen molar-refractivity contribution in [3.8, 4) is 0 Å². The van der Waals surface area contributed by atoms with E-state index in [-0.39, 0.29) is 6.04 Å². The third-order valence-corrected chi connectivity index (χ3v) is 3.51. The summed E-state index contributed by atoms with van der Waals surface area (Å²) in [6.45, 7) is 7.95. The SMILES string of the molecule is C=C[C@H](O)[C@H](CC1CCCCC1)NC(C)C. The van der Waals surface area contributed by atoms with Crippen LogP contribution >= 0.6 is 0 Å². The molecule has 0 aromatic carbocycles. The van der Waals surface area contributed by atoms with E-state index in [1.165, 1.54) is 32.1 Å². The lowest BCUT2D eigenvalue weighted by Gasteiger charge is -2.30. The second-order valence-corrected chi connectivity index (χ2v) is 5.39. The van der Waals surface area contributed by atoms with Crippen molar-refractivity contribution >= 4 is 0 Å². The third-order valence-electron chi connectivity index (χ3n) is 3.51. The maximum absolute atomic E-state index is 9.92. The molecule has 1 fully saturated rings. The molecule has 1 saturated carbocycles. The molecule has 0 aliphatic heterocycles. The van der Waals surface area contributed by atoms with Crippen molar-refractivity contribution < 1.29 is 5.11 Å². The van der Waals surface area contributed by atoms with Gasteiger partial charge in [-0.05, 0) is 12.3 Å². The van der Waals surface area contributed by atoms with Crippen molar-refractivity contribution in [1.29, 1.82) is 0 Å². The smallest absolute Gasteiger partial charge is 0.0871 e. The van der Waals surface area contributed by atoms with Gasteiger partial charge in [0.25, 0.3) is 0 Å². The van der Waals surface area contributed by atoms with E-state index in [0.29, 0.717) is 6.04 Å². The third kappa shape index (κ3) is 4.67. The molecule has 0 radical (unpaired) electrons. The van der Waals surface area contributed by atoms with Gasteiger partial charge in [-0.1, -0.05) is 52.0 Å². The second kappa shape index (κ2) is 7.08. The average Bonchev–Trinajstić information content (AvgIpc) is 2.28. The zero-order valence-electron chi connectivity index (χ0n) is 10.8. The Kier molecular flexibility index (Phi) is 6.07. The first-order chi connectivity index (χ1) is 7.63. The highest BCUT2D eigenvalue weighted by Gasteiger charge is 2.23. The average molecular weight is 225 g/mol. The van der Waals surface area contributed by atoms with Gasteiger partial charge in [-0.2, -0.15) is 0 Å². The molecule has 0 bridgehead atoms. The Morgan fingerprint density at radius 1 is 1.31 bits per heavy atom. The van der Waals surface area contributed by atoms with Crippen LogP contribution in [0.5, 0.6) is 0 Å². The van der Waals surface area contributed by atoms with E-state index < -0.39 is 6.10 Å². The molecule has 16 heavy (non-hydrogen) atoms. The first kappa shape index (κ1) is 13.7. The summed E-state index contributed by atoms with van der Waals surface area (Å²) in [4.78, 5) is 0. The fourth-order valence-corrected chi connectivity index (χ4v) is 2.68. The number of aliphatic hydroxyl groups excluding tert-OH is 1. The lowest BCUT2D eigenvalue weighted by molar-refractivity contribution is 0.141. The van der Waals surface area contributed by atoms with Crippen LogP contribution in [-0.4, -0.2) is 23.3 Å². The van der Waals surface area contributed by atoms with Crippen molar-refractivity contribution in [2.45, 2.75) is 70.6 Å². The predicted molar refractivity (Wildman–Crippen MR) is 69.5 cm³/mol. The Labute approximate surface area is 100 Å². The van der Waals surface area contributed by atoms with Gasteiger partial charge in [0.15, 0.2) is 0 Å². The summed E-state index contributed by atoms with van der Waals surface area (Å²) in [6.07, 6.45) is 9.12. The minimum absolute atomic E-state index is 0.181. The summed E-state index contributed by atoms with van der Waals surface area (Å²) in [7, 11) is 0. The number of hydrogen-bond acceptors (Lipinski definition) is 2. The lowest BCUT2D eigenvalue weighted by atomic mass is 9.83. The first-order valence-corrected chi connectivity index (χ1v) is 6.70. The highest BCUT2D eigenvalue weighted by atomic mass is 16.3. The topological polar surface area (TPSA) is 32.3 Å². The van der Waals surface area contributed by atoms with Gasteiger partial charge in [-0.25, -0.2) is 0 Å². The van der Waals surface area contributed by atoms with Gasteiger partial charge in [-0.3, -0.25) is 0 Å². The van der Waals surface area contributed by atoms with Crippen molar-refractivity contribution in [1.82, 2.24) is 5.32 Å². The van der Waals surface area contributed by atoms with E-state index in [1.54, 1.807) is 6.08 Å². The molecular weight excluding hydrogens is 198 g/mol. The van der Waals surface area contributed by atoms with E-state index >= 15 is 0 Å². The standard InChI is InChI=1S/C14H27NO/c1-4-14(16)13(15-11(2)3)10-12-8-6-5-7-9-12/h4,11-16H,1,5-10H2,2-3H3/t13-,14-/m0/s1. The molecule has 2 atom stereocenters. The normalized spacial score (nSPS) is 22.0. The zero-order chi connectivity index (χ0) is 12.0. The summed E-state index contributed by atoms with van der Waals surface area (Å²) in [5.41, 5.74) is 0. The molecular formula is C14H27NO. The van der Waals surface area contributed by atoms with Gasteiger partial charge in [0.2, 0.25) is 0 Å². The first-order valence-electron chi connectivity index (χ1n) is 6.70. The van der Waals surface area contributed by atoms with Crippen molar-refractivity contribution in [3.63, 3.8) is 0 Å². The molecule has 0 unspecified atom stereocenters. The van der Waals surface area contributed by atoms with Gasteiger partial charge in [0.1, 0.15) is 0 Å². The highest BCUT2D eigenvalue weighted by molar-refractivity contribution is 4.91. The molecule has 1 rings (SSSR count). The van der Waals surface area contributed by atoms with Crippen LogP contribution in [0.1, 0.15) is 52.4 Å². The Morgan fingerprint density at radius 3 is 2.44 bits per heavy atom. The van der Waals surface area contributed by atoms with Gasteiger partial charge in [-0.15, -0.1) is 6.58 Å². The molecule has 0 amide bonds. The van der Waals surface area contributed by atoms with Crippen LogP contribution in [0.15, 0.2) is 12.7 Å². The molecule has 2 N–H and O–H groups in total. The van der Waals surface area contributed by atoms with Crippen LogP contribution in [0.3, 0.4) is 0 Å². The molecule has 1 aliphatic rings. The molecule has 0 heterocycles. The predicted octanol–water partition coefficient (Wildman–Crippen LogP) is 2.87. The van der Waals surface area contributed by atoms with Gasteiger partial charge in [0, 0.05) is 12.1 Å². The van der Waals surface area contributed by atoms with Crippen LogP contribution in [-0.2, 0) is 0 Å². The molecule has 94 valence electrons. The van der Waals surface area contributed by atoms with Crippen LogP contribution in [0.4, 0.5) is 0 Å². The minimum atomic E-state index is -0.413. The monoisotopic (exact) mass is 225 g/mol. The lowest BCUT2D eigenvalue weighted by Crippen LogP contribution is -2.44. The van der Waals surface area contributed by atoms with E-state index in [4.69, 9.17) is 0 Å². The molecule has 1 aliphatic carbocycles. The molecule has 2 heteroatoms. The van der Waals surface area contributed by atoms with Crippen LogP contribution < -0.4 is 5.32 Å². The van der Waals surface area contributed by atoms with Gasteiger partial charge < -0.3 is 10.4 Å². The summed E-state index contributed by atoms with van der Waals surface area (Å²) < 4.78 is 0. The quantitative estimate of drug-likeness (QED) is 0.681. The largest absolute Gasteiger partial charge is 0.387 e. The van der Waals surface area contributed by atoms with Crippen molar-refractivity contribution in [2.75, 3.05) is 0 Å². The molecule has 0 aromatic rings. The fraction of sp³-hybridized carbons (Fsp3) is 0.857. The maximum Gasteiger partial charge on any atom is 0.0871 e. The number of rotatable bonds is 6. The minimum Gasteiger partial charge on any atom is -0.387 e. The van der Waals surface area contributed by atoms with Gasteiger partial charge >= 0.3 is 0 Å². The summed E-state index contributed by atoms with van der Waals surface area (Å²) in [5, 5.41) is 13.4. The number of hydrogen-bond donors (Lipinski definition) is 2. The van der Waals surface area contributed by atoms with E-state index in [0.717, 1.165) is 12.3 Å². The fourth-order valence-electron chi connectivity index (χ4n) is 2.68. The van der Waals surface area contributed by atoms with Crippen molar-refractivity contribution in [3.05, 3.63) is 12.7 Å². The van der Waals surface area contributed by atoms with Crippen LogP contribution in [0.25, 0.3) is 0 Å². The number of nitrogens with one attached hydrogen (secondary N) is 1. The summed E-state index contributed by atoms with van der Waals surface area (Å²) >= 11 is 0. The van der Waals surface area contributed by atoms with Crippen LogP contribution in [0.2, 0.25) is 0 Å². The van der Waals surface area contributed by atoms with Crippen LogP contribution in [0, 0.1) is 5.92 Å².